The standard InChI is InChI=1S/C17H27N3O3Si/c1-17(2,3)24(5,6)22-11-14(18)16-19-15(20-23-16)12-7-9-13(21-4)10-8-12/h7-10,14H,11,18H2,1-6H3/t14-/m0/s1. The van der Waals surface area contributed by atoms with Gasteiger partial charge < -0.3 is 19.4 Å². The third-order valence-electron chi connectivity index (χ3n) is 4.54. The number of ether oxygens (including phenoxy) is 1. The molecule has 0 aliphatic heterocycles. The zero-order valence-electron chi connectivity index (χ0n) is 15.3. The van der Waals surface area contributed by atoms with Crippen molar-refractivity contribution in [3.63, 3.8) is 0 Å². The van der Waals surface area contributed by atoms with Gasteiger partial charge in [0, 0.05) is 5.56 Å². The van der Waals surface area contributed by atoms with E-state index in [-0.39, 0.29) is 5.04 Å². The van der Waals surface area contributed by atoms with Gasteiger partial charge in [-0.15, -0.1) is 0 Å². The molecule has 0 unspecified atom stereocenters. The minimum atomic E-state index is -1.85. The molecule has 0 fully saturated rings. The fourth-order valence-corrected chi connectivity index (χ4v) is 2.86. The van der Waals surface area contributed by atoms with Gasteiger partial charge in [0.25, 0.3) is 0 Å². The average Bonchev–Trinajstić information content (AvgIpc) is 3.01. The highest BCUT2D eigenvalue weighted by molar-refractivity contribution is 6.74. The van der Waals surface area contributed by atoms with Crippen molar-refractivity contribution in [3.8, 4) is 17.1 Å². The molecule has 0 saturated carbocycles. The second-order valence-corrected chi connectivity index (χ2v) is 12.2. The summed E-state index contributed by atoms with van der Waals surface area (Å²) in [4.78, 5) is 4.39. The molecule has 1 atom stereocenters. The summed E-state index contributed by atoms with van der Waals surface area (Å²) in [5.74, 6) is 1.68. The van der Waals surface area contributed by atoms with E-state index in [2.05, 4.69) is 44.0 Å². The molecule has 6 nitrogen and oxygen atoms in total. The summed E-state index contributed by atoms with van der Waals surface area (Å²) in [7, 11) is -0.224. The van der Waals surface area contributed by atoms with Crippen LogP contribution in [0.15, 0.2) is 28.8 Å². The average molecular weight is 350 g/mol. The smallest absolute Gasteiger partial charge is 0.246 e. The Labute approximate surface area is 144 Å². The van der Waals surface area contributed by atoms with Gasteiger partial charge in [-0.1, -0.05) is 25.9 Å². The van der Waals surface area contributed by atoms with E-state index in [0.717, 1.165) is 11.3 Å². The van der Waals surface area contributed by atoms with Crippen LogP contribution in [0, 0.1) is 0 Å². The molecular weight excluding hydrogens is 322 g/mol. The zero-order valence-corrected chi connectivity index (χ0v) is 16.3. The highest BCUT2D eigenvalue weighted by Gasteiger charge is 2.37. The van der Waals surface area contributed by atoms with Crippen LogP contribution in [0.4, 0.5) is 0 Å². The molecule has 0 bridgehead atoms. The third-order valence-corrected chi connectivity index (χ3v) is 9.04. The Morgan fingerprint density at radius 3 is 2.38 bits per heavy atom. The quantitative estimate of drug-likeness (QED) is 0.799. The lowest BCUT2D eigenvalue weighted by atomic mass is 10.2. The summed E-state index contributed by atoms with van der Waals surface area (Å²) < 4.78 is 16.6. The molecule has 1 aromatic heterocycles. The van der Waals surface area contributed by atoms with Crippen molar-refractivity contribution in [2.75, 3.05) is 13.7 Å². The van der Waals surface area contributed by atoms with E-state index >= 15 is 0 Å². The molecule has 0 saturated heterocycles. The number of methoxy groups -OCH3 is 1. The Hall–Kier alpha value is -1.70. The summed E-state index contributed by atoms with van der Waals surface area (Å²) in [5.41, 5.74) is 7.01. The van der Waals surface area contributed by atoms with Crippen LogP contribution in [0.2, 0.25) is 18.1 Å². The zero-order chi connectivity index (χ0) is 18.0. The molecule has 1 aromatic carbocycles. The maximum absolute atomic E-state index is 6.16. The van der Waals surface area contributed by atoms with Gasteiger partial charge in [-0.3, -0.25) is 0 Å². The van der Waals surface area contributed by atoms with Gasteiger partial charge in [0.15, 0.2) is 8.32 Å². The van der Waals surface area contributed by atoms with Crippen LogP contribution in [-0.4, -0.2) is 32.2 Å². The van der Waals surface area contributed by atoms with Crippen molar-refractivity contribution in [3.05, 3.63) is 30.2 Å². The molecule has 0 spiro atoms. The molecule has 0 radical (unpaired) electrons. The van der Waals surface area contributed by atoms with Gasteiger partial charge in [-0.25, -0.2) is 0 Å². The predicted octanol–water partition coefficient (Wildman–Crippen LogP) is 3.77. The van der Waals surface area contributed by atoms with Crippen molar-refractivity contribution >= 4 is 8.32 Å². The summed E-state index contributed by atoms with van der Waals surface area (Å²) in [6.07, 6.45) is 0. The number of rotatable bonds is 6. The molecule has 0 aliphatic carbocycles. The SMILES string of the molecule is COc1ccc(-c2noc([C@@H](N)CO[Si](C)(C)C(C)(C)C)n2)cc1. The van der Waals surface area contributed by atoms with Gasteiger partial charge >= 0.3 is 0 Å². The first-order valence-corrected chi connectivity index (χ1v) is 10.9. The molecule has 0 amide bonds. The number of hydrogen-bond donors (Lipinski definition) is 1. The lowest BCUT2D eigenvalue weighted by molar-refractivity contribution is 0.237. The normalized spacial score (nSPS) is 13.8. The summed E-state index contributed by atoms with van der Waals surface area (Å²) in [6, 6.07) is 7.03. The highest BCUT2D eigenvalue weighted by atomic mass is 28.4. The van der Waals surface area contributed by atoms with Crippen LogP contribution in [0.5, 0.6) is 5.75 Å². The van der Waals surface area contributed by atoms with Crippen molar-refractivity contribution in [1.29, 1.82) is 0 Å². The van der Waals surface area contributed by atoms with Crippen molar-refractivity contribution in [1.82, 2.24) is 10.1 Å². The highest BCUT2D eigenvalue weighted by Crippen LogP contribution is 2.37. The second-order valence-electron chi connectivity index (χ2n) is 7.36. The minimum absolute atomic E-state index is 0.135. The van der Waals surface area contributed by atoms with Crippen molar-refractivity contribution in [2.24, 2.45) is 5.73 Å². The first-order chi connectivity index (χ1) is 11.1. The first kappa shape index (κ1) is 18.6. The van der Waals surface area contributed by atoms with E-state index in [1.807, 2.05) is 24.3 Å². The summed E-state index contributed by atoms with van der Waals surface area (Å²) >= 11 is 0. The second kappa shape index (κ2) is 7.04. The summed E-state index contributed by atoms with van der Waals surface area (Å²) in [6.45, 7) is 11.3. The first-order valence-electron chi connectivity index (χ1n) is 8.01. The lowest BCUT2D eigenvalue weighted by Crippen LogP contribution is -2.42. The van der Waals surface area contributed by atoms with Gasteiger partial charge in [0.2, 0.25) is 11.7 Å². The Morgan fingerprint density at radius 2 is 1.83 bits per heavy atom. The molecule has 2 aromatic rings. The van der Waals surface area contributed by atoms with Crippen LogP contribution in [-0.2, 0) is 4.43 Å². The largest absolute Gasteiger partial charge is 0.497 e. The van der Waals surface area contributed by atoms with E-state index < -0.39 is 14.4 Å². The van der Waals surface area contributed by atoms with E-state index in [9.17, 15) is 0 Å². The maximum Gasteiger partial charge on any atom is 0.246 e. The van der Waals surface area contributed by atoms with Gasteiger partial charge in [-0.2, -0.15) is 4.98 Å². The van der Waals surface area contributed by atoms with Crippen LogP contribution in [0.3, 0.4) is 0 Å². The van der Waals surface area contributed by atoms with Crippen LogP contribution < -0.4 is 10.5 Å². The maximum atomic E-state index is 6.16. The molecule has 2 N–H and O–H groups in total. The lowest BCUT2D eigenvalue weighted by Gasteiger charge is -2.36. The van der Waals surface area contributed by atoms with Crippen LogP contribution in [0.1, 0.15) is 32.7 Å². The Morgan fingerprint density at radius 1 is 1.21 bits per heavy atom. The molecule has 1 heterocycles. The molecule has 7 heteroatoms. The summed E-state index contributed by atoms with van der Waals surface area (Å²) in [5, 5.41) is 4.14. The van der Waals surface area contributed by atoms with Crippen LogP contribution >= 0.6 is 0 Å². The Balaban J connectivity index is 2.04. The topological polar surface area (TPSA) is 83.4 Å². The van der Waals surface area contributed by atoms with Crippen molar-refractivity contribution < 1.29 is 13.7 Å². The van der Waals surface area contributed by atoms with Gasteiger partial charge in [0.1, 0.15) is 11.8 Å². The fraction of sp³-hybridized carbons (Fsp3) is 0.529. The number of benzene rings is 1. The minimum Gasteiger partial charge on any atom is -0.497 e. The Bertz CT molecular complexity index is 662. The monoisotopic (exact) mass is 349 g/mol. The number of nitrogens with zero attached hydrogens (tertiary/aromatic N) is 2. The van der Waals surface area contributed by atoms with Gasteiger partial charge in [-0.05, 0) is 42.4 Å². The molecule has 132 valence electrons. The number of aromatic nitrogens is 2. The Kier molecular flexibility index (Phi) is 5.47. The third kappa shape index (κ3) is 4.22. The number of nitrogens with two attached hydrogens (primary N) is 1. The molecule has 0 aliphatic rings. The van der Waals surface area contributed by atoms with Gasteiger partial charge in [0.05, 0.1) is 13.7 Å². The van der Waals surface area contributed by atoms with Crippen LogP contribution in [0.25, 0.3) is 11.4 Å². The van der Waals surface area contributed by atoms with E-state index in [1.165, 1.54) is 0 Å². The molecular formula is C17H27N3O3Si. The molecule has 24 heavy (non-hydrogen) atoms. The predicted molar refractivity (Wildman–Crippen MR) is 96.4 cm³/mol. The van der Waals surface area contributed by atoms with E-state index in [0.29, 0.717) is 18.3 Å². The number of hydrogen-bond acceptors (Lipinski definition) is 6. The fourth-order valence-electron chi connectivity index (χ4n) is 1.83. The molecule has 2 rings (SSSR count). The van der Waals surface area contributed by atoms with Crippen molar-refractivity contribution in [2.45, 2.75) is 44.9 Å². The van der Waals surface area contributed by atoms with E-state index in [4.69, 9.17) is 19.4 Å². The van der Waals surface area contributed by atoms with E-state index in [1.54, 1.807) is 7.11 Å².